The molecule has 0 fully saturated rings. The summed E-state index contributed by atoms with van der Waals surface area (Å²) in [5.74, 6) is -3.64. The minimum atomic E-state index is -1.15. The van der Waals surface area contributed by atoms with E-state index in [-0.39, 0.29) is 99.5 Å². The van der Waals surface area contributed by atoms with Gasteiger partial charge in [0, 0.05) is 66.6 Å². The quantitative estimate of drug-likeness (QED) is 0.0942. The number of aromatic amines is 2. The van der Waals surface area contributed by atoms with Crippen molar-refractivity contribution in [1.82, 2.24) is 19.9 Å². The number of hydrogen-bond donors (Lipinski definition) is 6. The second kappa shape index (κ2) is 22.4. The number of carboxylic acids is 4. The molecule has 366 valence electrons. The molecule has 0 saturated heterocycles. The maximum Gasteiger partial charge on any atom is 3.00 e. The van der Waals surface area contributed by atoms with Crippen LogP contribution >= 0.6 is 0 Å². The SMILES string of the molecule is COc1cc(C(=O)O)ccc1-c1c2nc(c(-c3ccc(C(=O)O)cc3OC)c3ccc([nH]3)c(-c3ccc(C(=O)O)cc3OC)c3nc(c(-c4ccc(C(=O)O)cc4OC)c4ccc1[nH]4)C=C3)C=C2.[Cl-].[Cl-].[Cl-].[Mn+3]. The maximum atomic E-state index is 12.2. The van der Waals surface area contributed by atoms with Crippen LogP contribution in [0.3, 0.4) is 0 Å². The average molecular weight is 1070 g/mol. The molecule has 5 heterocycles. The summed E-state index contributed by atoms with van der Waals surface area (Å²) in [6.45, 7) is 0. The van der Waals surface area contributed by atoms with E-state index in [0.717, 1.165) is 0 Å². The normalized spacial score (nSPS) is 10.9. The predicted octanol–water partition coefficient (Wildman–Crippen LogP) is 1.16. The second-order valence-corrected chi connectivity index (χ2v) is 15.4. The van der Waals surface area contributed by atoms with Gasteiger partial charge in [0.15, 0.2) is 0 Å². The number of hydrogen-bond acceptors (Lipinski definition) is 10. The number of halogens is 3. The third-order valence-electron chi connectivity index (χ3n) is 11.6. The molecule has 2 aliphatic heterocycles. The molecule has 0 spiro atoms. The van der Waals surface area contributed by atoms with Gasteiger partial charge >= 0.3 is 40.9 Å². The van der Waals surface area contributed by atoms with Gasteiger partial charge in [-0.25, -0.2) is 29.1 Å². The summed E-state index contributed by atoms with van der Waals surface area (Å²) in [5, 5.41) is 39.7. The number of ether oxygens (including phenoxy) is 4. The van der Waals surface area contributed by atoms with Gasteiger partial charge in [0.2, 0.25) is 0 Å². The van der Waals surface area contributed by atoms with E-state index < -0.39 is 23.9 Å². The molecule has 8 bridgehead atoms. The van der Waals surface area contributed by atoms with Gasteiger partial charge in [0.25, 0.3) is 0 Å². The van der Waals surface area contributed by atoms with E-state index in [1.54, 1.807) is 48.6 Å². The molecule has 16 nitrogen and oxygen atoms in total. The molecule has 0 radical (unpaired) electrons. The van der Waals surface area contributed by atoms with Crippen molar-refractivity contribution in [2.45, 2.75) is 0 Å². The molecular formula is C52H38Cl3MnN4O12. The van der Waals surface area contributed by atoms with Gasteiger partial charge in [-0.15, -0.1) is 0 Å². The van der Waals surface area contributed by atoms with Gasteiger partial charge in [-0.05, 0) is 121 Å². The van der Waals surface area contributed by atoms with Crippen molar-refractivity contribution in [2.24, 2.45) is 0 Å². The fourth-order valence-corrected chi connectivity index (χ4v) is 8.46. The zero-order valence-electron chi connectivity index (χ0n) is 38.0. The minimum absolute atomic E-state index is 0. The number of carbonyl (C=O) groups is 4. The molecule has 0 aliphatic carbocycles. The number of aromatic carboxylic acids is 4. The molecule has 4 aromatic carbocycles. The molecule has 6 N–H and O–H groups in total. The number of fused-ring (bicyclic) bond motifs is 8. The molecule has 0 unspecified atom stereocenters. The minimum Gasteiger partial charge on any atom is -1.00 e. The summed E-state index contributed by atoms with van der Waals surface area (Å²) in [5.41, 5.74) is 7.80. The molecule has 9 rings (SSSR count). The van der Waals surface area contributed by atoms with Crippen LogP contribution in [0.1, 0.15) is 64.2 Å². The zero-order valence-corrected chi connectivity index (χ0v) is 41.5. The van der Waals surface area contributed by atoms with Crippen LogP contribution < -0.4 is 56.2 Å². The Hall–Kier alpha value is -8.05. The van der Waals surface area contributed by atoms with Crippen molar-refractivity contribution in [3.05, 3.63) is 142 Å². The molecule has 7 aromatic rings. The molecule has 0 saturated carbocycles. The van der Waals surface area contributed by atoms with Crippen LogP contribution in [0.25, 0.3) is 90.9 Å². The number of nitrogens with zero attached hydrogens (tertiary/aromatic N) is 2. The smallest absolute Gasteiger partial charge is 1.00 e. The van der Waals surface area contributed by atoms with Crippen LogP contribution in [0.2, 0.25) is 0 Å². The predicted molar refractivity (Wildman–Crippen MR) is 255 cm³/mol. The number of carboxylic acid groups (broad SMARTS) is 4. The monoisotopic (exact) mass is 1070 g/mol. The molecule has 72 heavy (non-hydrogen) atoms. The van der Waals surface area contributed by atoms with Crippen molar-refractivity contribution in [2.75, 3.05) is 28.4 Å². The Morgan fingerprint density at radius 1 is 0.375 bits per heavy atom. The first-order valence-electron chi connectivity index (χ1n) is 20.6. The van der Waals surface area contributed by atoms with Crippen LogP contribution in [0.15, 0.2) is 97.1 Å². The number of methoxy groups -OCH3 is 4. The Morgan fingerprint density at radius 2 is 0.583 bits per heavy atom. The molecule has 3 aromatic heterocycles. The van der Waals surface area contributed by atoms with E-state index in [9.17, 15) is 39.6 Å². The van der Waals surface area contributed by atoms with Gasteiger partial charge in [-0.2, -0.15) is 0 Å². The van der Waals surface area contributed by atoms with Gasteiger partial charge in [-0.1, -0.05) is 0 Å². The molecular weight excluding hydrogens is 1030 g/mol. The van der Waals surface area contributed by atoms with Crippen LogP contribution in [-0.2, 0) is 17.1 Å². The fraction of sp³-hybridized carbons (Fsp3) is 0.0769. The number of H-pyrrole nitrogens is 2. The van der Waals surface area contributed by atoms with Crippen molar-refractivity contribution < 1.29 is 113 Å². The first kappa shape index (κ1) is 54.9. The van der Waals surface area contributed by atoms with Crippen LogP contribution in [-0.4, -0.2) is 92.7 Å². The van der Waals surface area contributed by atoms with E-state index in [0.29, 0.717) is 89.4 Å². The Kier molecular flexibility index (Phi) is 17.0. The number of benzene rings is 4. The Balaban J connectivity index is 0.00000241. The van der Waals surface area contributed by atoms with Crippen molar-refractivity contribution >= 4 is 70.2 Å². The topological polar surface area (TPSA) is 243 Å². The van der Waals surface area contributed by atoms with E-state index in [1.807, 2.05) is 24.3 Å². The second-order valence-electron chi connectivity index (χ2n) is 15.4. The summed E-state index contributed by atoms with van der Waals surface area (Å²) in [4.78, 5) is 66.2. The van der Waals surface area contributed by atoms with Crippen LogP contribution in [0, 0.1) is 0 Å². The van der Waals surface area contributed by atoms with Gasteiger partial charge in [-0.3, -0.25) is 0 Å². The van der Waals surface area contributed by atoms with E-state index in [4.69, 9.17) is 28.9 Å². The van der Waals surface area contributed by atoms with Crippen molar-refractivity contribution in [1.29, 1.82) is 0 Å². The first-order valence-corrected chi connectivity index (χ1v) is 20.6. The molecule has 0 atom stereocenters. The summed E-state index contributed by atoms with van der Waals surface area (Å²) in [7, 11) is 5.74. The average Bonchev–Trinajstić information content (AvgIpc) is 4.20. The molecule has 2 aliphatic rings. The van der Waals surface area contributed by atoms with E-state index >= 15 is 0 Å². The standard InChI is InChI=1S/C52H38N4O12.3ClH.Mn/c1-65-41-21-25(49(57)58)5-9-29(41)45-33-13-15-35(53-33)46(30-10-6-26(50(59)60)22-42(30)66-2)37-17-19-39(55-37)48(32-12-8-28(52(63)64)24-44(32)68-4)40-20-18-38(56-40)47(36-16-14-34(45)54-36)31-11-7-27(51(61)62)23-43(31)67-3;;;;/h5-24,53,56H,1-4H3,(H,57,58)(H,59,60)(H,61,62)(H,63,64);3*1H;/q;;;;+3/p-3. The Labute approximate surface area is 438 Å². The van der Waals surface area contributed by atoms with Gasteiger partial charge in [0.05, 0.1) is 73.5 Å². The van der Waals surface area contributed by atoms with Crippen LogP contribution in [0.4, 0.5) is 0 Å². The van der Waals surface area contributed by atoms with E-state index in [1.165, 1.54) is 77.0 Å². The van der Waals surface area contributed by atoms with Gasteiger partial charge < -0.3 is 86.6 Å². The largest absolute Gasteiger partial charge is 3.00 e. The maximum absolute atomic E-state index is 12.2. The molecule has 20 heteroatoms. The third-order valence-corrected chi connectivity index (χ3v) is 11.6. The van der Waals surface area contributed by atoms with Gasteiger partial charge in [0.1, 0.15) is 23.0 Å². The summed E-state index contributed by atoms with van der Waals surface area (Å²) < 4.78 is 23.3. The van der Waals surface area contributed by atoms with Crippen molar-refractivity contribution in [3.63, 3.8) is 0 Å². The first-order chi connectivity index (χ1) is 32.8. The summed E-state index contributed by atoms with van der Waals surface area (Å²) in [6, 6.07) is 25.4. The van der Waals surface area contributed by atoms with Crippen LogP contribution in [0.5, 0.6) is 23.0 Å². The summed E-state index contributed by atoms with van der Waals surface area (Å²) >= 11 is 0. The number of aromatic nitrogens is 4. The summed E-state index contributed by atoms with van der Waals surface area (Å²) in [6.07, 6.45) is 7.19. The zero-order chi connectivity index (χ0) is 48.0. The fourth-order valence-electron chi connectivity index (χ4n) is 8.46. The Bertz CT molecular complexity index is 3120. The number of nitrogens with one attached hydrogen (secondary N) is 2. The molecule has 0 amide bonds. The van der Waals surface area contributed by atoms with Crippen molar-refractivity contribution in [3.8, 4) is 67.5 Å². The third kappa shape index (κ3) is 9.97. The number of rotatable bonds is 12. The Morgan fingerprint density at radius 3 is 0.764 bits per heavy atom. The van der Waals surface area contributed by atoms with E-state index in [2.05, 4.69) is 9.97 Å².